The second-order valence-electron chi connectivity index (χ2n) is 4.65. The van der Waals surface area contributed by atoms with Crippen LogP contribution in [0.2, 0.25) is 0 Å². The standard InChI is InChI=1S/C14H18BrN3O3/c1-8-6-11(15)4-5-12(8)18-13(20)7-16-14(21)9(2)17-10(3)19/h4-6,9H,7H2,1-3H3,(H,16,21)(H,17,19)(H,18,20). The number of amides is 3. The van der Waals surface area contributed by atoms with Gasteiger partial charge >= 0.3 is 0 Å². The average Bonchev–Trinajstić information content (AvgIpc) is 2.38. The average molecular weight is 356 g/mol. The van der Waals surface area contributed by atoms with Crippen LogP contribution < -0.4 is 16.0 Å². The van der Waals surface area contributed by atoms with Crippen molar-refractivity contribution in [2.75, 3.05) is 11.9 Å². The van der Waals surface area contributed by atoms with Gasteiger partial charge in [-0.3, -0.25) is 14.4 Å². The van der Waals surface area contributed by atoms with Crippen LogP contribution in [-0.2, 0) is 14.4 Å². The van der Waals surface area contributed by atoms with Crippen molar-refractivity contribution < 1.29 is 14.4 Å². The van der Waals surface area contributed by atoms with Crippen molar-refractivity contribution in [3.8, 4) is 0 Å². The quantitative estimate of drug-likeness (QED) is 0.744. The van der Waals surface area contributed by atoms with Crippen LogP contribution in [0.25, 0.3) is 0 Å². The van der Waals surface area contributed by atoms with E-state index in [1.165, 1.54) is 6.92 Å². The molecule has 0 spiro atoms. The van der Waals surface area contributed by atoms with E-state index < -0.39 is 11.9 Å². The van der Waals surface area contributed by atoms with Crippen LogP contribution in [0, 0.1) is 6.92 Å². The number of halogens is 1. The molecular weight excluding hydrogens is 338 g/mol. The Balaban J connectivity index is 2.47. The molecule has 6 nitrogen and oxygen atoms in total. The largest absolute Gasteiger partial charge is 0.345 e. The molecule has 0 aliphatic rings. The Morgan fingerprint density at radius 1 is 1.29 bits per heavy atom. The number of anilines is 1. The molecule has 0 heterocycles. The topological polar surface area (TPSA) is 87.3 Å². The first kappa shape index (κ1) is 17.2. The second kappa shape index (κ2) is 7.78. The normalized spacial score (nSPS) is 11.4. The third-order valence-electron chi connectivity index (χ3n) is 2.70. The van der Waals surface area contributed by atoms with Crippen LogP contribution in [0.1, 0.15) is 19.4 Å². The Morgan fingerprint density at radius 2 is 1.95 bits per heavy atom. The maximum atomic E-state index is 11.8. The molecule has 0 aromatic heterocycles. The lowest BCUT2D eigenvalue weighted by atomic mass is 10.2. The van der Waals surface area contributed by atoms with E-state index in [0.29, 0.717) is 5.69 Å². The summed E-state index contributed by atoms with van der Waals surface area (Å²) in [5.41, 5.74) is 1.60. The summed E-state index contributed by atoms with van der Waals surface area (Å²) in [6, 6.07) is 4.80. The Kier molecular flexibility index (Phi) is 6.36. The van der Waals surface area contributed by atoms with Gasteiger partial charge in [0, 0.05) is 17.1 Å². The molecule has 0 aliphatic heterocycles. The van der Waals surface area contributed by atoms with Gasteiger partial charge in [0.1, 0.15) is 6.04 Å². The second-order valence-corrected chi connectivity index (χ2v) is 5.56. The van der Waals surface area contributed by atoms with Crippen molar-refractivity contribution in [3.63, 3.8) is 0 Å². The van der Waals surface area contributed by atoms with Gasteiger partial charge in [0.25, 0.3) is 0 Å². The summed E-state index contributed by atoms with van der Waals surface area (Å²) in [6.45, 7) is 4.59. The van der Waals surface area contributed by atoms with Crippen molar-refractivity contribution in [2.45, 2.75) is 26.8 Å². The number of nitrogens with one attached hydrogen (secondary N) is 3. The summed E-state index contributed by atoms with van der Waals surface area (Å²) < 4.78 is 0.926. The van der Waals surface area contributed by atoms with Crippen LogP contribution in [0.4, 0.5) is 5.69 Å². The molecule has 0 saturated carbocycles. The first-order chi connectivity index (χ1) is 9.79. The lowest BCUT2D eigenvalue weighted by Crippen LogP contribution is -2.46. The molecule has 1 atom stereocenters. The molecule has 1 unspecified atom stereocenters. The molecule has 7 heteroatoms. The minimum atomic E-state index is -0.676. The fourth-order valence-corrected chi connectivity index (χ4v) is 2.13. The fourth-order valence-electron chi connectivity index (χ4n) is 1.65. The Hall–Kier alpha value is -1.89. The molecule has 0 aliphatic carbocycles. The molecule has 1 aromatic carbocycles. The van der Waals surface area contributed by atoms with Crippen molar-refractivity contribution in [1.29, 1.82) is 0 Å². The van der Waals surface area contributed by atoms with Crippen molar-refractivity contribution >= 4 is 39.3 Å². The highest BCUT2D eigenvalue weighted by Crippen LogP contribution is 2.19. The number of carbonyl (C=O) groups is 3. The molecule has 0 saturated heterocycles. The van der Waals surface area contributed by atoms with Gasteiger partial charge in [-0.25, -0.2) is 0 Å². The van der Waals surface area contributed by atoms with Gasteiger partial charge in [0.2, 0.25) is 17.7 Å². The summed E-state index contributed by atoms with van der Waals surface area (Å²) in [5, 5.41) is 7.62. The summed E-state index contributed by atoms with van der Waals surface area (Å²) in [5.74, 6) is -1.04. The lowest BCUT2D eigenvalue weighted by Gasteiger charge is -2.13. The van der Waals surface area contributed by atoms with Crippen molar-refractivity contribution in [3.05, 3.63) is 28.2 Å². The smallest absolute Gasteiger partial charge is 0.243 e. The molecule has 114 valence electrons. The zero-order valence-corrected chi connectivity index (χ0v) is 13.7. The number of carbonyl (C=O) groups excluding carboxylic acids is 3. The van der Waals surface area contributed by atoms with Gasteiger partial charge < -0.3 is 16.0 Å². The first-order valence-corrected chi connectivity index (χ1v) is 7.19. The molecule has 3 amide bonds. The van der Waals surface area contributed by atoms with Crippen LogP contribution >= 0.6 is 15.9 Å². The lowest BCUT2D eigenvalue weighted by molar-refractivity contribution is -0.128. The maximum Gasteiger partial charge on any atom is 0.243 e. The summed E-state index contributed by atoms with van der Waals surface area (Å²) in [6.07, 6.45) is 0. The van der Waals surface area contributed by atoms with Crippen LogP contribution in [0.5, 0.6) is 0 Å². The zero-order chi connectivity index (χ0) is 16.0. The number of hydrogen-bond acceptors (Lipinski definition) is 3. The van der Waals surface area contributed by atoms with Gasteiger partial charge in [-0.2, -0.15) is 0 Å². The molecule has 3 N–H and O–H groups in total. The van der Waals surface area contributed by atoms with E-state index in [9.17, 15) is 14.4 Å². The van der Waals surface area contributed by atoms with Crippen molar-refractivity contribution in [1.82, 2.24) is 10.6 Å². The third kappa shape index (κ3) is 5.95. The predicted octanol–water partition coefficient (Wildman–Crippen LogP) is 1.34. The van der Waals surface area contributed by atoms with E-state index in [0.717, 1.165) is 10.0 Å². The van der Waals surface area contributed by atoms with Gasteiger partial charge in [-0.05, 0) is 37.6 Å². The Labute approximate surface area is 131 Å². The fraction of sp³-hybridized carbons (Fsp3) is 0.357. The molecule has 0 bridgehead atoms. The summed E-state index contributed by atoms with van der Waals surface area (Å²) >= 11 is 3.34. The SMILES string of the molecule is CC(=O)NC(C)C(=O)NCC(=O)Nc1ccc(Br)cc1C. The van der Waals surface area contributed by atoms with Gasteiger partial charge in [0.15, 0.2) is 0 Å². The van der Waals surface area contributed by atoms with E-state index in [2.05, 4.69) is 31.9 Å². The van der Waals surface area contributed by atoms with E-state index in [-0.39, 0.29) is 18.4 Å². The molecule has 0 fully saturated rings. The highest BCUT2D eigenvalue weighted by molar-refractivity contribution is 9.10. The van der Waals surface area contributed by atoms with Crippen LogP contribution in [0.3, 0.4) is 0 Å². The van der Waals surface area contributed by atoms with Gasteiger partial charge in [-0.15, -0.1) is 0 Å². The Morgan fingerprint density at radius 3 is 2.52 bits per heavy atom. The van der Waals surface area contributed by atoms with Gasteiger partial charge in [-0.1, -0.05) is 15.9 Å². The van der Waals surface area contributed by atoms with E-state index in [4.69, 9.17) is 0 Å². The maximum absolute atomic E-state index is 11.8. The number of hydrogen-bond donors (Lipinski definition) is 3. The number of benzene rings is 1. The van der Waals surface area contributed by atoms with Crippen LogP contribution in [0.15, 0.2) is 22.7 Å². The highest BCUT2D eigenvalue weighted by atomic mass is 79.9. The number of aryl methyl sites for hydroxylation is 1. The molecule has 0 radical (unpaired) electrons. The molecule has 1 aromatic rings. The molecule has 1 rings (SSSR count). The Bertz CT molecular complexity index is 560. The summed E-state index contributed by atoms with van der Waals surface area (Å²) in [7, 11) is 0. The predicted molar refractivity (Wildman–Crippen MR) is 83.8 cm³/mol. The van der Waals surface area contributed by atoms with Crippen LogP contribution in [-0.4, -0.2) is 30.3 Å². The monoisotopic (exact) mass is 355 g/mol. The van der Waals surface area contributed by atoms with E-state index >= 15 is 0 Å². The minimum Gasteiger partial charge on any atom is -0.345 e. The van der Waals surface area contributed by atoms with Gasteiger partial charge in [0.05, 0.1) is 6.54 Å². The number of rotatable bonds is 5. The molecular formula is C14H18BrN3O3. The highest BCUT2D eigenvalue weighted by Gasteiger charge is 2.14. The van der Waals surface area contributed by atoms with E-state index in [1.54, 1.807) is 13.0 Å². The van der Waals surface area contributed by atoms with E-state index in [1.807, 2.05) is 19.1 Å². The molecule has 21 heavy (non-hydrogen) atoms. The zero-order valence-electron chi connectivity index (χ0n) is 12.1. The first-order valence-electron chi connectivity index (χ1n) is 6.40. The third-order valence-corrected chi connectivity index (χ3v) is 3.19. The minimum absolute atomic E-state index is 0.155. The van der Waals surface area contributed by atoms with Crippen molar-refractivity contribution in [2.24, 2.45) is 0 Å². The summed E-state index contributed by atoms with van der Waals surface area (Å²) in [4.78, 5) is 34.2.